The minimum atomic E-state index is -4.71. The van der Waals surface area contributed by atoms with Crippen molar-refractivity contribution in [2.45, 2.75) is 24.9 Å². The van der Waals surface area contributed by atoms with E-state index < -0.39 is 26.8 Å². The van der Waals surface area contributed by atoms with Crippen LogP contribution in [0.15, 0.2) is 51.9 Å². The molecule has 3 rings (SSSR count). The van der Waals surface area contributed by atoms with Gasteiger partial charge in [0.05, 0.1) is 21.7 Å². The van der Waals surface area contributed by atoms with Gasteiger partial charge >= 0.3 is 6.18 Å². The second-order valence-corrected chi connectivity index (χ2v) is 8.08. The standard InChI is InChI=1S/C18H14ClF3N2O3S/c1-10-3-4-12(16-9-23-11(2)27-16)7-17(10)28(25,26)24-13-5-6-15(19)14(8-13)18(20,21)22/h3-9,24H,1-2H3. The highest BCUT2D eigenvalue weighted by atomic mass is 35.5. The highest BCUT2D eigenvalue weighted by molar-refractivity contribution is 7.92. The van der Waals surface area contributed by atoms with Crippen molar-refractivity contribution in [3.63, 3.8) is 0 Å². The summed E-state index contributed by atoms with van der Waals surface area (Å²) in [7, 11) is -4.17. The number of rotatable bonds is 4. The number of aryl methyl sites for hydroxylation is 2. The molecule has 148 valence electrons. The van der Waals surface area contributed by atoms with Crippen LogP contribution in [0.1, 0.15) is 17.0 Å². The molecule has 0 aliphatic rings. The largest absolute Gasteiger partial charge is 0.441 e. The lowest BCUT2D eigenvalue weighted by atomic mass is 10.1. The Morgan fingerprint density at radius 2 is 1.82 bits per heavy atom. The number of hydrogen-bond donors (Lipinski definition) is 1. The van der Waals surface area contributed by atoms with Crippen LogP contribution in [0.25, 0.3) is 11.3 Å². The van der Waals surface area contributed by atoms with Crippen molar-refractivity contribution in [1.82, 2.24) is 4.98 Å². The Bertz CT molecular complexity index is 1140. The summed E-state index contributed by atoms with van der Waals surface area (Å²) >= 11 is 5.57. The molecule has 1 aromatic heterocycles. The summed E-state index contributed by atoms with van der Waals surface area (Å²) in [5.41, 5.74) is -0.495. The van der Waals surface area contributed by atoms with E-state index in [9.17, 15) is 21.6 Å². The minimum Gasteiger partial charge on any atom is -0.441 e. The Morgan fingerprint density at radius 1 is 1.11 bits per heavy atom. The van der Waals surface area contributed by atoms with Crippen LogP contribution in [0.5, 0.6) is 0 Å². The average Bonchev–Trinajstić information content (AvgIpc) is 3.02. The highest BCUT2D eigenvalue weighted by Gasteiger charge is 2.33. The molecule has 0 saturated heterocycles. The maximum atomic E-state index is 13.0. The first-order valence-corrected chi connectivity index (χ1v) is 9.76. The van der Waals surface area contributed by atoms with Crippen molar-refractivity contribution in [2.75, 3.05) is 4.72 Å². The molecule has 0 aliphatic heterocycles. The Balaban J connectivity index is 2.00. The van der Waals surface area contributed by atoms with Crippen LogP contribution in [0.4, 0.5) is 18.9 Å². The smallest absolute Gasteiger partial charge is 0.417 e. The first-order valence-electron chi connectivity index (χ1n) is 7.90. The Labute approximate surface area is 164 Å². The van der Waals surface area contributed by atoms with Crippen molar-refractivity contribution in [3.05, 3.63) is 64.6 Å². The quantitative estimate of drug-likeness (QED) is 0.599. The van der Waals surface area contributed by atoms with Gasteiger partial charge in [0.15, 0.2) is 11.7 Å². The molecular formula is C18H14ClF3N2O3S. The molecule has 0 amide bonds. The van der Waals surface area contributed by atoms with Gasteiger partial charge in [-0.15, -0.1) is 0 Å². The lowest BCUT2D eigenvalue weighted by Gasteiger charge is -2.14. The number of aromatic nitrogens is 1. The molecule has 2 aromatic carbocycles. The van der Waals surface area contributed by atoms with Crippen molar-refractivity contribution in [1.29, 1.82) is 0 Å². The van der Waals surface area contributed by atoms with E-state index in [0.29, 0.717) is 28.8 Å². The van der Waals surface area contributed by atoms with Gasteiger partial charge < -0.3 is 4.42 Å². The Kier molecular flexibility index (Phi) is 5.16. The molecule has 28 heavy (non-hydrogen) atoms. The third kappa shape index (κ3) is 4.15. The van der Waals surface area contributed by atoms with E-state index in [0.717, 1.165) is 12.1 Å². The molecule has 3 aromatic rings. The molecule has 0 bridgehead atoms. The molecule has 0 fully saturated rings. The lowest BCUT2D eigenvalue weighted by Crippen LogP contribution is -2.15. The van der Waals surface area contributed by atoms with E-state index in [1.807, 2.05) is 0 Å². The molecule has 0 radical (unpaired) electrons. The van der Waals surface area contributed by atoms with Crippen molar-refractivity contribution < 1.29 is 26.0 Å². The Hall–Kier alpha value is -2.52. The summed E-state index contributed by atoms with van der Waals surface area (Å²) in [6, 6.07) is 7.41. The number of oxazole rings is 1. The monoisotopic (exact) mass is 430 g/mol. The third-order valence-electron chi connectivity index (χ3n) is 3.91. The molecule has 0 atom stereocenters. The van der Waals surface area contributed by atoms with Crippen LogP contribution in [0.3, 0.4) is 0 Å². The summed E-state index contributed by atoms with van der Waals surface area (Å²) in [6.45, 7) is 3.22. The molecule has 10 heteroatoms. The number of sulfonamides is 1. The number of hydrogen-bond acceptors (Lipinski definition) is 4. The molecule has 0 aliphatic carbocycles. The number of alkyl halides is 3. The molecule has 0 spiro atoms. The molecule has 1 heterocycles. The van der Waals surface area contributed by atoms with Crippen molar-refractivity contribution in [3.8, 4) is 11.3 Å². The zero-order chi connectivity index (χ0) is 20.7. The fourth-order valence-corrected chi connectivity index (χ4v) is 4.10. The van der Waals surface area contributed by atoms with Crippen LogP contribution in [0.2, 0.25) is 5.02 Å². The van der Waals surface area contributed by atoms with Gasteiger partial charge in [0.25, 0.3) is 10.0 Å². The summed E-state index contributed by atoms with van der Waals surface area (Å²) in [4.78, 5) is 3.87. The zero-order valence-corrected chi connectivity index (χ0v) is 16.2. The molecule has 0 unspecified atom stereocenters. The average molecular weight is 431 g/mol. The molecule has 5 nitrogen and oxygen atoms in total. The van der Waals surface area contributed by atoms with Gasteiger partial charge in [-0.25, -0.2) is 13.4 Å². The van der Waals surface area contributed by atoms with Crippen molar-refractivity contribution >= 4 is 27.3 Å². The van der Waals surface area contributed by atoms with E-state index in [1.54, 1.807) is 26.0 Å². The maximum absolute atomic E-state index is 13.0. The second kappa shape index (κ2) is 7.14. The zero-order valence-electron chi connectivity index (χ0n) is 14.6. The van der Waals surface area contributed by atoms with Gasteiger partial charge in [-0.1, -0.05) is 23.7 Å². The molecule has 1 N–H and O–H groups in total. The van der Waals surface area contributed by atoms with E-state index in [4.69, 9.17) is 16.0 Å². The summed E-state index contributed by atoms with van der Waals surface area (Å²) in [6.07, 6.45) is -3.25. The fraction of sp³-hybridized carbons (Fsp3) is 0.167. The van der Waals surface area contributed by atoms with Gasteiger partial charge in [-0.05, 0) is 36.8 Å². The number of halogens is 4. The number of benzene rings is 2. The first kappa shape index (κ1) is 20.2. The predicted octanol–water partition coefficient (Wildman–Crippen LogP) is 5.43. The number of anilines is 1. The van der Waals surface area contributed by atoms with Gasteiger partial charge in [0, 0.05) is 18.2 Å². The Morgan fingerprint density at radius 3 is 2.43 bits per heavy atom. The van der Waals surface area contributed by atoms with Crippen LogP contribution < -0.4 is 4.72 Å². The van der Waals surface area contributed by atoms with Gasteiger partial charge in [0.2, 0.25) is 0 Å². The van der Waals surface area contributed by atoms with Gasteiger partial charge in [-0.2, -0.15) is 13.2 Å². The normalized spacial score (nSPS) is 12.2. The van der Waals surface area contributed by atoms with E-state index in [1.165, 1.54) is 12.3 Å². The van der Waals surface area contributed by atoms with Crippen LogP contribution in [0, 0.1) is 13.8 Å². The maximum Gasteiger partial charge on any atom is 0.417 e. The van der Waals surface area contributed by atoms with E-state index in [2.05, 4.69) is 9.71 Å². The molecule has 0 saturated carbocycles. The van der Waals surface area contributed by atoms with E-state index >= 15 is 0 Å². The number of nitrogens with zero attached hydrogens (tertiary/aromatic N) is 1. The van der Waals surface area contributed by atoms with Gasteiger partial charge in [-0.3, -0.25) is 4.72 Å². The third-order valence-corrected chi connectivity index (χ3v) is 5.76. The fourth-order valence-electron chi connectivity index (χ4n) is 2.55. The van der Waals surface area contributed by atoms with Crippen LogP contribution in [-0.2, 0) is 16.2 Å². The van der Waals surface area contributed by atoms with Crippen molar-refractivity contribution in [2.24, 2.45) is 0 Å². The summed E-state index contributed by atoms with van der Waals surface area (Å²) in [5, 5.41) is -0.519. The first-order chi connectivity index (χ1) is 13.0. The summed E-state index contributed by atoms with van der Waals surface area (Å²) < 4.78 is 72.2. The predicted molar refractivity (Wildman–Crippen MR) is 98.7 cm³/mol. The van der Waals surface area contributed by atoms with Crippen LogP contribution in [-0.4, -0.2) is 13.4 Å². The topological polar surface area (TPSA) is 72.2 Å². The minimum absolute atomic E-state index is 0.0949. The SMILES string of the molecule is Cc1ncc(-c2ccc(C)c(S(=O)(=O)Nc3ccc(Cl)c(C(F)(F)F)c3)c2)o1. The second-order valence-electron chi connectivity index (χ2n) is 6.02. The summed E-state index contributed by atoms with van der Waals surface area (Å²) in [5.74, 6) is 0.791. The van der Waals surface area contributed by atoms with E-state index in [-0.39, 0.29) is 10.6 Å². The lowest BCUT2D eigenvalue weighted by molar-refractivity contribution is -0.137. The number of nitrogens with one attached hydrogen (secondary N) is 1. The van der Waals surface area contributed by atoms with Crippen LogP contribution >= 0.6 is 11.6 Å². The highest BCUT2D eigenvalue weighted by Crippen LogP contribution is 2.36. The molecular weight excluding hydrogens is 417 g/mol. The van der Waals surface area contributed by atoms with Gasteiger partial charge in [0.1, 0.15) is 0 Å².